The number of hydrogen-bond donors (Lipinski definition) is 2. The summed E-state index contributed by atoms with van der Waals surface area (Å²) in [4.78, 5) is 37.9. The molecule has 0 heterocycles. The van der Waals surface area contributed by atoms with Crippen LogP contribution in [0.1, 0.15) is 64.0 Å². The molecule has 0 unspecified atom stereocenters. The molecule has 7 heteroatoms. The van der Waals surface area contributed by atoms with Crippen molar-refractivity contribution in [3.63, 3.8) is 0 Å². The number of aliphatic carboxylic acids is 1. The minimum Gasteiger partial charge on any atom is -0.481 e. The number of ether oxygens (including phenoxy) is 1. The first-order valence-corrected chi connectivity index (χ1v) is 12.2. The van der Waals surface area contributed by atoms with Gasteiger partial charge >= 0.3 is 12.1 Å². The monoisotopic (exact) mass is 480 g/mol. The zero-order valence-corrected chi connectivity index (χ0v) is 21.0. The normalized spacial score (nSPS) is 12.7. The molecule has 0 bridgehead atoms. The van der Waals surface area contributed by atoms with Crippen molar-refractivity contribution in [1.29, 1.82) is 0 Å². The Kier molecular flexibility index (Phi) is 8.54. The summed E-state index contributed by atoms with van der Waals surface area (Å²) in [7, 11) is 0. The van der Waals surface area contributed by atoms with Gasteiger partial charge in [-0.3, -0.25) is 9.59 Å². The molecule has 2 N–H and O–H groups in total. The van der Waals surface area contributed by atoms with E-state index in [-0.39, 0.29) is 43.9 Å². The second kappa shape index (κ2) is 11.4. The highest BCUT2D eigenvalue weighted by molar-refractivity contribution is 5.79. The summed E-state index contributed by atoms with van der Waals surface area (Å²) in [5.41, 5.74) is 4.18. The lowest BCUT2D eigenvalue weighted by Crippen LogP contribution is -2.42. The van der Waals surface area contributed by atoms with Gasteiger partial charge in [0, 0.05) is 37.9 Å². The molecule has 0 spiro atoms. The van der Waals surface area contributed by atoms with Gasteiger partial charge in [-0.1, -0.05) is 62.4 Å². The van der Waals surface area contributed by atoms with Gasteiger partial charge in [-0.05, 0) is 47.9 Å². The molecular formula is C28H36N2O5. The minimum absolute atomic E-state index is 0.00635. The predicted molar refractivity (Wildman–Crippen MR) is 135 cm³/mol. The number of fused-ring (bicyclic) bond motifs is 3. The predicted octanol–water partition coefficient (Wildman–Crippen LogP) is 5.04. The molecule has 0 radical (unpaired) electrons. The number of carbonyl (C=O) groups is 3. The Hall–Kier alpha value is -3.35. The van der Waals surface area contributed by atoms with Crippen LogP contribution in [0.2, 0.25) is 0 Å². The van der Waals surface area contributed by atoms with E-state index in [0.717, 1.165) is 11.1 Å². The highest BCUT2D eigenvalue weighted by Gasteiger charge is 2.30. The fourth-order valence-corrected chi connectivity index (χ4v) is 4.61. The molecule has 188 valence electrons. The number of nitrogens with one attached hydrogen (secondary N) is 1. The number of hydrogen-bond acceptors (Lipinski definition) is 4. The van der Waals surface area contributed by atoms with Crippen molar-refractivity contribution in [3.05, 3.63) is 59.7 Å². The lowest BCUT2D eigenvalue weighted by Gasteiger charge is -2.31. The first-order valence-electron chi connectivity index (χ1n) is 12.2. The van der Waals surface area contributed by atoms with Gasteiger partial charge in [0.15, 0.2) is 0 Å². The number of amides is 2. The first kappa shape index (κ1) is 26.3. The number of carbonyl (C=O) groups excluding carboxylic acids is 2. The van der Waals surface area contributed by atoms with Crippen LogP contribution < -0.4 is 5.32 Å². The molecule has 0 aliphatic heterocycles. The quantitative estimate of drug-likeness (QED) is 0.470. The van der Waals surface area contributed by atoms with Gasteiger partial charge in [0.1, 0.15) is 6.61 Å². The van der Waals surface area contributed by atoms with E-state index in [0.29, 0.717) is 13.0 Å². The molecule has 2 amide bonds. The van der Waals surface area contributed by atoms with Crippen LogP contribution >= 0.6 is 0 Å². The standard InChI is InChI=1S/C28H36N2O5/c1-19(2)30(15-9-14-26(32)33)25(31)16-28(3,4)18-29-27(34)35-17-24-22-12-7-5-10-20(22)21-11-6-8-13-23(21)24/h5-8,10-13,19,24H,9,14-18H2,1-4H3,(H,29,34)(H,32,33). The Bertz CT molecular complexity index is 1020. The summed E-state index contributed by atoms with van der Waals surface area (Å²) in [6, 6.07) is 16.3. The van der Waals surface area contributed by atoms with E-state index >= 15 is 0 Å². The van der Waals surface area contributed by atoms with E-state index in [4.69, 9.17) is 9.84 Å². The van der Waals surface area contributed by atoms with Gasteiger partial charge in [0.25, 0.3) is 0 Å². The number of alkyl carbamates (subject to hydrolysis) is 1. The smallest absolute Gasteiger partial charge is 0.407 e. The summed E-state index contributed by atoms with van der Waals surface area (Å²) >= 11 is 0. The second-order valence-corrected chi connectivity index (χ2v) is 10.2. The fourth-order valence-electron chi connectivity index (χ4n) is 4.61. The largest absolute Gasteiger partial charge is 0.481 e. The molecule has 0 aromatic heterocycles. The number of benzene rings is 2. The van der Waals surface area contributed by atoms with Crippen LogP contribution in [0.5, 0.6) is 0 Å². The van der Waals surface area contributed by atoms with E-state index in [9.17, 15) is 14.4 Å². The zero-order valence-electron chi connectivity index (χ0n) is 21.0. The van der Waals surface area contributed by atoms with Crippen LogP contribution in [0.3, 0.4) is 0 Å². The van der Waals surface area contributed by atoms with Crippen molar-refractivity contribution in [1.82, 2.24) is 10.2 Å². The fraction of sp³-hybridized carbons (Fsp3) is 0.464. The average Bonchev–Trinajstić information content (AvgIpc) is 3.12. The molecule has 7 nitrogen and oxygen atoms in total. The van der Waals surface area contributed by atoms with E-state index in [1.807, 2.05) is 52.0 Å². The Morgan fingerprint density at radius 1 is 1.03 bits per heavy atom. The third-order valence-electron chi connectivity index (χ3n) is 6.42. The molecule has 1 aliphatic carbocycles. The highest BCUT2D eigenvalue weighted by atomic mass is 16.5. The van der Waals surface area contributed by atoms with Crippen molar-refractivity contribution >= 4 is 18.0 Å². The molecule has 2 aromatic rings. The lowest BCUT2D eigenvalue weighted by atomic mass is 9.88. The summed E-state index contributed by atoms with van der Waals surface area (Å²) in [5.74, 6) is -0.924. The molecule has 35 heavy (non-hydrogen) atoms. The summed E-state index contributed by atoms with van der Waals surface area (Å²) in [6.45, 7) is 8.61. The van der Waals surface area contributed by atoms with Crippen LogP contribution in [0.4, 0.5) is 4.79 Å². The maximum absolute atomic E-state index is 12.9. The van der Waals surface area contributed by atoms with Gasteiger partial charge in [0.05, 0.1) is 0 Å². The minimum atomic E-state index is -0.867. The third-order valence-corrected chi connectivity index (χ3v) is 6.42. The Morgan fingerprint density at radius 2 is 1.60 bits per heavy atom. The third kappa shape index (κ3) is 6.84. The zero-order chi connectivity index (χ0) is 25.6. The van der Waals surface area contributed by atoms with E-state index < -0.39 is 17.5 Å². The van der Waals surface area contributed by atoms with Gasteiger partial charge in [-0.25, -0.2) is 4.79 Å². The Morgan fingerprint density at radius 3 is 2.14 bits per heavy atom. The Labute approximate surface area is 207 Å². The summed E-state index contributed by atoms with van der Waals surface area (Å²) < 4.78 is 5.60. The summed E-state index contributed by atoms with van der Waals surface area (Å²) in [6.07, 6.45) is 0.178. The number of nitrogens with zero attached hydrogens (tertiary/aromatic N) is 1. The second-order valence-electron chi connectivity index (χ2n) is 10.2. The van der Waals surface area contributed by atoms with Crippen molar-refractivity contribution < 1.29 is 24.2 Å². The van der Waals surface area contributed by atoms with Gasteiger partial charge in [0.2, 0.25) is 5.91 Å². The van der Waals surface area contributed by atoms with E-state index in [1.54, 1.807) is 4.90 Å². The van der Waals surface area contributed by atoms with Crippen molar-refractivity contribution in [2.75, 3.05) is 19.7 Å². The molecular weight excluding hydrogens is 444 g/mol. The Balaban J connectivity index is 1.52. The van der Waals surface area contributed by atoms with Crippen LogP contribution in [0, 0.1) is 5.41 Å². The van der Waals surface area contributed by atoms with E-state index in [1.165, 1.54) is 11.1 Å². The maximum Gasteiger partial charge on any atom is 0.407 e. The topological polar surface area (TPSA) is 95.9 Å². The van der Waals surface area contributed by atoms with Crippen molar-refractivity contribution in [2.24, 2.45) is 5.41 Å². The van der Waals surface area contributed by atoms with Gasteiger partial charge in [-0.2, -0.15) is 0 Å². The van der Waals surface area contributed by atoms with Crippen LogP contribution in [0.25, 0.3) is 11.1 Å². The molecule has 0 saturated heterocycles. The first-order chi connectivity index (χ1) is 16.6. The summed E-state index contributed by atoms with van der Waals surface area (Å²) in [5, 5.41) is 11.7. The lowest BCUT2D eigenvalue weighted by molar-refractivity contribution is -0.139. The molecule has 1 aliphatic rings. The molecule has 0 atom stereocenters. The van der Waals surface area contributed by atoms with E-state index in [2.05, 4.69) is 29.6 Å². The van der Waals surface area contributed by atoms with Gasteiger partial charge < -0.3 is 20.1 Å². The van der Waals surface area contributed by atoms with Gasteiger partial charge in [-0.15, -0.1) is 0 Å². The molecule has 0 fully saturated rings. The molecule has 3 rings (SSSR count). The van der Waals surface area contributed by atoms with Crippen molar-refractivity contribution in [3.8, 4) is 11.1 Å². The maximum atomic E-state index is 12.9. The molecule has 2 aromatic carbocycles. The van der Waals surface area contributed by atoms with Crippen LogP contribution in [-0.2, 0) is 14.3 Å². The highest BCUT2D eigenvalue weighted by Crippen LogP contribution is 2.44. The molecule has 0 saturated carbocycles. The van der Waals surface area contributed by atoms with Crippen molar-refractivity contribution in [2.45, 2.75) is 58.9 Å². The SMILES string of the molecule is CC(C)N(CCCC(=O)O)C(=O)CC(C)(C)CNC(=O)OCC1c2ccccc2-c2ccccc21. The number of carboxylic acid groups (broad SMARTS) is 1. The van der Waals surface area contributed by atoms with Crippen LogP contribution in [-0.4, -0.2) is 53.7 Å². The average molecular weight is 481 g/mol. The number of rotatable bonds is 11. The number of carboxylic acids is 1. The van der Waals surface area contributed by atoms with Crippen LogP contribution in [0.15, 0.2) is 48.5 Å².